The Labute approximate surface area is 143 Å². The molecule has 1 aliphatic heterocycles. The van der Waals surface area contributed by atoms with Gasteiger partial charge in [0, 0.05) is 38.4 Å². The molecule has 1 aromatic rings. The Bertz CT molecular complexity index is 589. The van der Waals surface area contributed by atoms with Gasteiger partial charge in [-0.05, 0) is 46.1 Å². The Morgan fingerprint density at radius 3 is 2.75 bits per heavy atom. The van der Waals surface area contributed by atoms with Crippen LogP contribution in [0.5, 0.6) is 0 Å². The minimum absolute atomic E-state index is 0.0116. The molecule has 1 fully saturated rings. The van der Waals surface area contributed by atoms with E-state index in [0.717, 1.165) is 13.0 Å². The molecule has 24 heavy (non-hydrogen) atoms. The number of piperazine rings is 1. The van der Waals surface area contributed by atoms with Gasteiger partial charge in [0.15, 0.2) is 0 Å². The van der Waals surface area contributed by atoms with Crippen LogP contribution in [0, 0.1) is 11.3 Å². The molecule has 0 aromatic carbocycles. The Balaban J connectivity index is 1.84. The molecule has 1 saturated heterocycles. The van der Waals surface area contributed by atoms with E-state index in [1.807, 2.05) is 25.9 Å². The van der Waals surface area contributed by atoms with Gasteiger partial charge in [0.2, 0.25) is 0 Å². The summed E-state index contributed by atoms with van der Waals surface area (Å²) in [5.74, 6) is 0.708. The predicted octanol–water partition coefficient (Wildman–Crippen LogP) is 1.13. The van der Waals surface area contributed by atoms with E-state index < -0.39 is 0 Å². The number of hydrogen-bond acceptors (Lipinski definition) is 5. The third-order valence-electron chi connectivity index (χ3n) is 4.15. The van der Waals surface area contributed by atoms with Gasteiger partial charge in [0.1, 0.15) is 11.9 Å². The van der Waals surface area contributed by atoms with Crippen molar-refractivity contribution in [3.63, 3.8) is 0 Å². The number of nitriles is 1. The fourth-order valence-corrected chi connectivity index (χ4v) is 2.68. The highest BCUT2D eigenvalue weighted by Crippen LogP contribution is 2.18. The van der Waals surface area contributed by atoms with E-state index in [2.05, 4.69) is 26.2 Å². The highest BCUT2D eigenvalue weighted by Gasteiger charge is 2.23. The van der Waals surface area contributed by atoms with Crippen LogP contribution in [-0.4, -0.2) is 73.7 Å². The Hall–Kier alpha value is -2.33. The third-order valence-corrected chi connectivity index (χ3v) is 4.15. The minimum Gasteiger partial charge on any atom is -0.352 e. The van der Waals surface area contributed by atoms with E-state index >= 15 is 0 Å². The van der Waals surface area contributed by atoms with Crippen molar-refractivity contribution in [2.75, 3.05) is 51.7 Å². The summed E-state index contributed by atoms with van der Waals surface area (Å²) in [7, 11) is 4.06. The monoisotopic (exact) mass is 330 g/mol. The second kappa shape index (κ2) is 8.50. The lowest BCUT2D eigenvalue weighted by atomic mass is 10.2. The van der Waals surface area contributed by atoms with E-state index in [1.54, 1.807) is 18.3 Å². The maximum Gasteiger partial charge on any atom is 0.317 e. The molecular formula is C17H26N6O. The van der Waals surface area contributed by atoms with Crippen LogP contribution in [0.3, 0.4) is 0 Å². The Morgan fingerprint density at radius 1 is 1.42 bits per heavy atom. The molecule has 0 radical (unpaired) electrons. The zero-order chi connectivity index (χ0) is 17.5. The molecule has 1 aromatic heterocycles. The molecule has 0 spiro atoms. The largest absolute Gasteiger partial charge is 0.352 e. The van der Waals surface area contributed by atoms with Crippen molar-refractivity contribution in [3.8, 4) is 6.07 Å². The van der Waals surface area contributed by atoms with Crippen molar-refractivity contribution >= 4 is 11.8 Å². The number of carbonyl (C=O) groups excluding carboxylic acids is 1. The number of anilines is 1. The van der Waals surface area contributed by atoms with Crippen molar-refractivity contribution < 1.29 is 4.79 Å². The lowest BCUT2D eigenvalue weighted by Crippen LogP contribution is -2.53. The number of carbonyl (C=O) groups is 1. The fraction of sp³-hybridized carbons (Fsp3) is 0.588. The van der Waals surface area contributed by atoms with Crippen LogP contribution < -0.4 is 10.2 Å². The van der Waals surface area contributed by atoms with Gasteiger partial charge >= 0.3 is 6.03 Å². The van der Waals surface area contributed by atoms with Crippen molar-refractivity contribution in [2.24, 2.45) is 0 Å². The Kier molecular flexibility index (Phi) is 6.38. The molecule has 7 heteroatoms. The van der Waals surface area contributed by atoms with Gasteiger partial charge in [0.25, 0.3) is 0 Å². The first-order valence-electron chi connectivity index (χ1n) is 8.31. The van der Waals surface area contributed by atoms with E-state index in [0.29, 0.717) is 37.6 Å². The van der Waals surface area contributed by atoms with Crippen LogP contribution in [0.4, 0.5) is 10.6 Å². The molecule has 2 rings (SSSR count). The van der Waals surface area contributed by atoms with E-state index in [4.69, 9.17) is 0 Å². The summed E-state index contributed by atoms with van der Waals surface area (Å²) in [5.41, 5.74) is 0.577. The average Bonchev–Trinajstić information content (AvgIpc) is 2.60. The molecule has 130 valence electrons. The molecule has 1 unspecified atom stereocenters. The summed E-state index contributed by atoms with van der Waals surface area (Å²) >= 11 is 0. The third kappa shape index (κ3) is 4.83. The van der Waals surface area contributed by atoms with Gasteiger partial charge in [0.05, 0.1) is 5.56 Å². The molecule has 2 heterocycles. The highest BCUT2D eigenvalue weighted by atomic mass is 16.2. The number of hydrogen-bond donors (Lipinski definition) is 1. The summed E-state index contributed by atoms with van der Waals surface area (Å²) in [6.07, 6.45) is 2.62. The molecule has 2 amide bonds. The molecule has 1 N–H and O–H groups in total. The van der Waals surface area contributed by atoms with E-state index in [9.17, 15) is 10.1 Å². The molecule has 7 nitrogen and oxygen atoms in total. The lowest BCUT2D eigenvalue weighted by molar-refractivity contribution is 0.189. The second-order valence-corrected chi connectivity index (χ2v) is 6.40. The average molecular weight is 330 g/mol. The number of urea groups is 1. The summed E-state index contributed by atoms with van der Waals surface area (Å²) < 4.78 is 0. The molecule has 1 aliphatic rings. The number of amides is 2. The van der Waals surface area contributed by atoms with Crippen LogP contribution >= 0.6 is 0 Å². The molecule has 0 bridgehead atoms. The zero-order valence-electron chi connectivity index (χ0n) is 14.7. The molecular weight excluding hydrogens is 304 g/mol. The number of aromatic nitrogens is 1. The van der Waals surface area contributed by atoms with E-state index in [-0.39, 0.29) is 12.1 Å². The predicted molar refractivity (Wildman–Crippen MR) is 93.9 cm³/mol. The lowest BCUT2D eigenvalue weighted by Gasteiger charge is -2.36. The fourth-order valence-electron chi connectivity index (χ4n) is 2.68. The summed E-state index contributed by atoms with van der Waals surface area (Å²) in [6, 6.07) is 5.85. The first kappa shape index (κ1) is 18.0. The molecule has 0 saturated carbocycles. The standard InChI is InChI=1S/C17H26N6O/c1-14(6-8-21(2)3)20-17(24)23-11-9-22(10-12-23)16-15(13-18)5-4-7-19-16/h4-5,7,14H,6,8-12H2,1-3H3,(H,20,24). The molecule has 0 aliphatic carbocycles. The smallest absolute Gasteiger partial charge is 0.317 e. The van der Waals surface area contributed by atoms with Crippen molar-refractivity contribution in [3.05, 3.63) is 23.9 Å². The van der Waals surface area contributed by atoms with Crippen LogP contribution in [-0.2, 0) is 0 Å². The number of pyridine rings is 1. The topological polar surface area (TPSA) is 75.5 Å². The van der Waals surface area contributed by atoms with E-state index in [1.165, 1.54) is 0 Å². The highest BCUT2D eigenvalue weighted by molar-refractivity contribution is 5.75. The van der Waals surface area contributed by atoms with Crippen molar-refractivity contribution in [1.82, 2.24) is 20.1 Å². The first-order chi connectivity index (χ1) is 11.5. The van der Waals surface area contributed by atoms with Gasteiger partial charge in [-0.2, -0.15) is 5.26 Å². The number of nitrogens with one attached hydrogen (secondary N) is 1. The Morgan fingerprint density at radius 2 is 2.12 bits per heavy atom. The van der Waals surface area contributed by atoms with Crippen LogP contribution in [0.1, 0.15) is 18.9 Å². The van der Waals surface area contributed by atoms with Gasteiger partial charge < -0.3 is 20.0 Å². The first-order valence-corrected chi connectivity index (χ1v) is 8.31. The SMILES string of the molecule is CC(CCN(C)C)NC(=O)N1CCN(c2ncccc2C#N)CC1. The summed E-state index contributed by atoms with van der Waals surface area (Å²) in [6.45, 7) is 5.62. The van der Waals surface area contributed by atoms with Gasteiger partial charge in [-0.25, -0.2) is 9.78 Å². The quantitative estimate of drug-likeness (QED) is 0.876. The minimum atomic E-state index is -0.0116. The van der Waals surface area contributed by atoms with Gasteiger partial charge in [-0.3, -0.25) is 0 Å². The van der Waals surface area contributed by atoms with Crippen LogP contribution in [0.15, 0.2) is 18.3 Å². The van der Waals surface area contributed by atoms with Crippen LogP contribution in [0.2, 0.25) is 0 Å². The number of rotatable bonds is 5. The van der Waals surface area contributed by atoms with Crippen molar-refractivity contribution in [1.29, 1.82) is 5.26 Å². The normalized spacial score (nSPS) is 16.0. The van der Waals surface area contributed by atoms with Crippen molar-refractivity contribution in [2.45, 2.75) is 19.4 Å². The molecule has 1 atom stereocenters. The van der Waals surface area contributed by atoms with Gasteiger partial charge in [-0.1, -0.05) is 0 Å². The van der Waals surface area contributed by atoms with Crippen LogP contribution in [0.25, 0.3) is 0 Å². The number of nitrogens with zero attached hydrogens (tertiary/aromatic N) is 5. The van der Waals surface area contributed by atoms with Gasteiger partial charge in [-0.15, -0.1) is 0 Å². The maximum absolute atomic E-state index is 12.3. The maximum atomic E-state index is 12.3. The summed E-state index contributed by atoms with van der Waals surface area (Å²) in [5, 5.41) is 12.2. The summed E-state index contributed by atoms with van der Waals surface area (Å²) in [4.78, 5) is 22.7. The zero-order valence-corrected chi connectivity index (χ0v) is 14.7. The second-order valence-electron chi connectivity index (χ2n) is 6.40.